The summed E-state index contributed by atoms with van der Waals surface area (Å²) in [5.41, 5.74) is 5.79. The topological polar surface area (TPSA) is 74.5 Å². The average molecular weight is 788 g/mol. The molecule has 8 rings (SSSR count). The number of nitrogens with zero attached hydrogens (tertiary/aromatic N) is 3. The van der Waals surface area contributed by atoms with Gasteiger partial charge < -0.3 is 28.4 Å². The van der Waals surface area contributed by atoms with Crippen molar-refractivity contribution in [2.75, 3.05) is 20.3 Å². The van der Waals surface area contributed by atoms with E-state index in [1.165, 1.54) is 31.4 Å². The standard InChI is InChI=1S/C43H35F6N3O5/c1-54-39-23-35-36(50-25-30-5-4-19-51(30)41(35)53)24-40(39)55-20-3-2-18-52-37-16-10-28(26-6-12-31(13-7-26)56-42(44,45)46)21-33(37)34-22-29(11-17-38(34)52)27-8-14-32(15-9-27)57-43(47,48)49/h6-17,21-25,30H,2-5,18-20H2,1H3/t30-/m0/s1. The van der Waals surface area contributed by atoms with E-state index in [1.807, 2.05) is 47.5 Å². The van der Waals surface area contributed by atoms with E-state index >= 15 is 0 Å². The van der Waals surface area contributed by atoms with Gasteiger partial charge in [-0.3, -0.25) is 9.79 Å². The maximum absolute atomic E-state index is 13.3. The molecule has 0 aliphatic carbocycles. The van der Waals surface area contributed by atoms with Crippen LogP contribution in [0, 0.1) is 0 Å². The highest BCUT2D eigenvalue weighted by atomic mass is 19.4. The predicted molar refractivity (Wildman–Crippen MR) is 204 cm³/mol. The van der Waals surface area contributed by atoms with Crippen LogP contribution in [-0.4, -0.2) is 60.6 Å². The number of aryl methyl sites for hydroxylation is 1. The molecule has 3 heterocycles. The van der Waals surface area contributed by atoms with Gasteiger partial charge in [0.1, 0.15) is 11.5 Å². The zero-order valence-corrected chi connectivity index (χ0v) is 30.5. The lowest BCUT2D eigenvalue weighted by Gasteiger charge is -2.20. The number of hydrogen-bond acceptors (Lipinski definition) is 6. The summed E-state index contributed by atoms with van der Waals surface area (Å²) >= 11 is 0. The molecular weight excluding hydrogens is 752 g/mol. The Morgan fingerprint density at radius 1 is 0.702 bits per heavy atom. The van der Waals surface area contributed by atoms with Crippen molar-refractivity contribution < 1.29 is 50.1 Å². The zero-order valence-electron chi connectivity index (χ0n) is 30.5. The molecule has 0 unspecified atom stereocenters. The highest BCUT2D eigenvalue weighted by Crippen LogP contribution is 2.39. The van der Waals surface area contributed by atoms with E-state index in [1.54, 1.807) is 36.4 Å². The second kappa shape index (κ2) is 15.1. The van der Waals surface area contributed by atoms with Crippen LogP contribution in [0.3, 0.4) is 0 Å². The van der Waals surface area contributed by atoms with Crippen molar-refractivity contribution in [2.24, 2.45) is 4.99 Å². The number of benzene rings is 5. The highest BCUT2D eigenvalue weighted by molar-refractivity contribution is 6.10. The minimum Gasteiger partial charge on any atom is -0.493 e. The minimum absolute atomic E-state index is 0.0131. The fourth-order valence-electron chi connectivity index (χ4n) is 7.58. The molecule has 0 saturated carbocycles. The largest absolute Gasteiger partial charge is 0.573 e. The number of amides is 1. The van der Waals surface area contributed by atoms with Crippen molar-refractivity contribution in [3.63, 3.8) is 0 Å². The molecule has 2 aliphatic rings. The van der Waals surface area contributed by atoms with Crippen LogP contribution < -0.4 is 18.9 Å². The number of halogens is 6. The second-order valence-electron chi connectivity index (χ2n) is 13.8. The lowest BCUT2D eigenvalue weighted by molar-refractivity contribution is -0.275. The molecule has 14 heteroatoms. The number of aliphatic imine (C=N–C) groups is 1. The highest BCUT2D eigenvalue weighted by Gasteiger charge is 2.33. The van der Waals surface area contributed by atoms with Gasteiger partial charge in [0.15, 0.2) is 11.5 Å². The molecule has 57 heavy (non-hydrogen) atoms. The summed E-state index contributed by atoms with van der Waals surface area (Å²) in [6, 6.07) is 26.4. The maximum atomic E-state index is 13.3. The molecule has 1 atom stereocenters. The molecule has 1 saturated heterocycles. The summed E-state index contributed by atoms with van der Waals surface area (Å²) in [5.74, 6) is 0.231. The van der Waals surface area contributed by atoms with Gasteiger partial charge in [0.25, 0.3) is 5.91 Å². The minimum atomic E-state index is -4.81. The molecule has 0 bridgehead atoms. The van der Waals surface area contributed by atoms with Crippen molar-refractivity contribution in [3.05, 3.63) is 103 Å². The van der Waals surface area contributed by atoms with E-state index in [-0.39, 0.29) is 23.4 Å². The number of carbonyl (C=O) groups is 1. The summed E-state index contributed by atoms with van der Waals surface area (Å²) in [4.78, 5) is 19.7. The molecule has 0 N–H and O–H groups in total. The fourth-order valence-corrected chi connectivity index (χ4v) is 7.58. The quantitative estimate of drug-likeness (QED) is 0.0966. The normalized spacial score (nSPS) is 15.5. The van der Waals surface area contributed by atoms with Crippen LogP contribution in [0.2, 0.25) is 0 Å². The van der Waals surface area contributed by atoms with Crippen LogP contribution in [-0.2, 0) is 6.54 Å². The van der Waals surface area contributed by atoms with Gasteiger partial charge in [-0.05, 0) is 103 Å². The monoisotopic (exact) mass is 787 g/mol. The Morgan fingerprint density at radius 3 is 1.81 bits per heavy atom. The molecule has 0 spiro atoms. The van der Waals surface area contributed by atoms with Gasteiger partial charge in [-0.2, -0.15) is 0 Å². The Labute approximate surface area is 322 Å². The van der Waals surface area contributed by atoms with Crippen molar-refractivity contribution >= 4 is 39.6 Å². The molecule has 6 aromatic rings. The molecule has 2 aliphatic heterocycles. The summed E-state index contributed by atoms with van der Waals surface area (Å²) in [5, 5.41) is 1.78. The van der Waals surface area contributed by atoms with E-state index in [0.29, 0.717) is 60.0 Å². The van der Waals surface area contributed by atoms with Crippen LogP contribution in [0.5, 0.6) is 23.0 Å². The lowest BCUT2D eigenvalue weighted by Crippen LogP contribution is -2.35. The third kappa shape index (κ3) is 8.07. The Bertz CT molecular complexity index is 2360. The number of alkyl halides is 6. The van der Waals surface area contributed by atoms with Crippen LogP contribution in [0.1, 0.15) is 36.0 Å². The molecule has 1 aromatic heterocycles. The Balaban J connectivity index is 1.05. The van der Waals surface area contributed by atoms with Crippen LogP contribution in [0.4, 0.5) is 32.0 Å². The van der Waals surface area contributed by atoms with Crippen LogP contribution in [0.15, 0.2) is 102 Å². The zero-order chi connectivity index (χ0) is 39.9. The maximum Gasteiger partial charge on any atom is 0.573 e. The molecule has 1 fully saturated rings. The summed E-state index contributed by atoms with van der Waals surface area (Å²) in [6.45, 7) is 1.68. The van der Waals surface area contributed by atoms with Crippen molar-refractivity contribution in [1.82, 2.24) is 9.47 Å². The number of methoxy groups -OCH3 is 1. The fraction of sp³-hybridized carbons (Fsp3) is 0.256. The van der Waals surface area contributed by atoms with Gasteiger partial charge in [-0.15, -0.1) is 26.3 Å². The van der Waals surface area contributed by atoms with Crippen molar-refractivity contribution in [2.45, 2.75) is 51.0 Å². The molecule has 0 radical (unpaired) electrons. The first-order valence-corrected chi connectivity index (χ1v) is 18.3. The van der Waals surface area contributed by atoms with Gasteiger partial charge in [-0.1, -0.05) is 36.4 Å². The summed E-state index contributed by atoms with van der Waals surface area (Å²) in [7, 11) is 1.53. The third-order valence-electron chi connectivity index (χ3n) is 10.2. The number of rotatable bonds is 11. The Kier molecular flexibility index (Phi) is 9.96. The van der Waals surface area contributed by atoms with E-state index in [2.05, 4.69) is 19.0 Å². The lowest BCUT2D eigenvalue weighted by atomic mass is 10.00. The molecule has 8 nitrogen and oxygen atoms in total. The number of hydrogen-bond donors (Lipinski definition) is 0. The molecule has 1 amide bonds. The first-order valence-electron chi connectivity index (χ1n) is 18.3. The van der Waals surface area contributed by atoms with Crippen LogP contribution >= 0.6 is 0 Å². The molecular formula is C43H35F6N3O5. The predicted octanol–water partition coefficient (Wildman–Crippen LogP) is 11.1. The molecule has 5 aromatic carbocycles. The van der Waals surface area contributed by atoms with Crippen LogP contribution in [0.25, 0.3) is 44.1 Å². The number of aromatic nitrogens is 1. The Morgan fingerprint density at radius 2 is 1.26 bits per heavy atom. The number of fused-ring (bicyclic) bond motifs is 5. The molecule has 294 valence electrons. The second-order valence-corrected chi connectivity index (χ2v) is 13.8. The van der Waals surface area contributed by atoms with Gasteiger partial charge in [0.2, 0.25) is 0 Å². The van der Waals surface area contributed by atoms with Gasteiger partial charge in [-0.25, -0.2) is 0 Å². The SMILES string of the molecule is COc1cc2c(cc1OCCCCn1c3ccc(-c4ccc(OC(F)(F)F)cc4)cc3c3cc(-c4ccc(OC(F)(F)F)cc4)ccc31)N=C[C@@H]1CCCN1C2=O. The smallest absolute Gasteiger partial charge is 0.493 e. The first kappa shape index (κ1) is 37.7. The van der Waals surface area contributed by atoms with E-state index < -0.39 is 12.7 Å². The van der Waals surface area contributed by atoms with E-state index in [4.69, 9.17) is 9.47 Å². The van der Waals surface area contributed by atoms with E-state index in [9.17, 15) is 31.1 Å². The number of unbranched alkanes of at least 4 members (excludes halogenated alkanes) is 1. The van der Waals surface area contributed by atoms with Gasteiger partial charge >= 0.3 is 12.7 Å². The van der Waals surface area contributed by atoms with E-state index in [0.717, 1.165) is 52.2 Å². The Hall–Kier alpha value is -6.18. The van der Waals surface area contributed by atoms with Crippen molar-refractivity contribution in [1.29, 1.82) is 0 Å². The third-order valence-corrected chi connectivity index (χ3v) is 10.2. The summed E-state index contributed by atoms with van der Waals surface area (Å²) < 4.78 is 98.7. The average Bonchev–Trinajstić information content (AvgIpc) is 3.74. The first-order chi connectivity index (χ1) is 27.3. The van der Waals surface area contributed by atoms with Gasteiger partial charge in [0.05, 0.1) is 31.0 Å². The summed E-state index contributed by atoms with van der Waals surface area (Å²) in [6.07, 6.45) is -4.56. The van der Waals surface area contributed by atoms with Crippen molar-refractivity contribution in [3.8, 4) is 45.3 Å². The number of ether oxygens (including phenoxy) is 4. The number of carbonyl (C=O) groups excluding carboxylic acids is 1. The van der Waals surface area contributed by atoms with Gasteiger partial charge in [0, 0.05) is 47.2 Å².